The zero-order chi connectivity index (χ0) is 20.3. The quantitative estimate of drug-likeness (QED) is 0.685. The molecule has 5 rings (SSSR count). The first-order valence-corrected chi connectivity index (χ1v) is 12.0. The molecule has 5 fully saturated rings. The van der Waals surface area contributed by atoms with Crippen LogP contribution in [-0.2, 0) is 19.1 Å². The van der Waals surface area contributed by atoms with Crippen LogP contribution in [-0.4, -0.2) is 35.9 Å². The maximum absolute atomic E-state index is 12.8. The minimum absolute atomic E-state index is 0.0173. The summed E-state index contributed by atoms with van der Waals surface area (Å²) in [4.78, 5) is 25.1. The number of hydrogen-bond acceptors (Lipinski definition) is 5. The van der Waals surface area contributed by atoms with E-state index in [2.05, 4.69) is 13.8 Å². The van der Waals surface area contributed by atoms with Gasteiger partial charge in [-0.2, -0.15) is 0 Å². The smallest absolute Gasteiger partial charge is 0.344 e. The van der Waals surface area contributed by atoms with Crippen LogP contribution in [0.2, 0.25) is 0 Å². The highest BCUT2D eigenvalue weighted by molar-refractivity contribution is 5.78. The van der Waals surface area contributed by atoms with Gasteiger partial charge < -0.3 is 14.6 Å². The van der Waals surface area contributed by atoms with Crippen LogP contribution in [0.25, 0.3) is 0 Å². The Labute approximate surface area is 173 Å². The summed E-state index contributed by atoms with van der Waals surface area (Å²) >= 11 is 0. The number of carbonyl (C=O) groups excluding carboxylic acids is 2. The lowest BCUT2D eigenvalue weighted by molar-refractivity contribution is -0.168. The van der Waals surface area contributed by atoms with E-state index in [4.69, 9.17) is 9.47 Å². The van der Waals surface area contributed by atoms with Gasteiger partial charge in [-0.3, -0.25) is 4.79 Å². The number of aliphatic hydroxyl groups is 1. The molecule has 0 aromatic rings. The van der Waals surface area contributed by atoms with Crippen LogP contribution in [0.1, 0.15) is 65.2 Å². The number of hydrogen-bond donors (Lipinski definition) is 1. The number of ether oxygens (including phenoxy) is 2. The second-order valence-electron chi connectivity index (χ2n) is 10.7. The number of esters is 2. The standard InChI is InChI=1S/C24H36O5/c1-3-12-5-13(4-2)23-17-7-16(22(12)23)8-18(17)24(27)28-11-21(26)29-20-10-14-6-15(20)9-19(14)25/h12-20,22-23,25H,3-11H2,1-2H3. The molecule has 5 aliphatic carbocycles. The Bertz CT molecular complexity index is 660. The van der Waals surface area contributed by atoms with Crippen molar-refractivity contribution in [1.29, 1.82) is 0 Å². The summed E-state index contributed by atoms with van der Waals surface area (Å²) in [6, 6.07) is 0. The zero-order valence-corrected chi connectivity index (χ0v) is 17.8. The Morgan fingerprint density at radius 1 is 0.862 bits per heavy atom. The average Bonchev–Trinajstić information content (AvgIpc) is 3.49. The van der Waals surface area contributed by atoms with E-state index in [-0.39, 0.29) is 42.5 Å². The third-order valence-electron chi connectivity index (χ3n) is 9.55. The maximum Gasteiger partial charge on any atom is 0.344 e. The van der Waals surface area contributed by atoms with E-state index in [0.717, 1.165) is 43.4 Å². The molecule has 5 aliphatic rings. The molecule has 162 valence electrons. The van der Waals surface area contributed by atoms with Crippen molar-refractivity contribution in [1.82, 2.24) is 0 Å². The van der Waals surface area contributed by atoms with Crippen LogP contribution >= 0.6 is 0 Å². The molecule has 0 spiro atoms. The van der Waals surface area contributed by atoms with Crippen LogP contribution in [0.15, 0.2) is 0 Å². The lowest BCUT2D eigenvalue weighted by atomic mass is 9.70. The number of carbonyl (C=O) groups is 2. The summed E-state index contributed by atoms with van der Waals surface area (Å²) in [5.41, 5.74) is 0. The van der Waals surface area contributed by atoms with E-state index in [1.807, 2.05) is 0 Å². The van der Waals surface area contributed by atoms with Gasteiger partial charge >= 0.3 is 11.9 Å². The van der Waals surface area contributed by atoms with Gasteiger partial charge in [0, 0.05) is 0 Å². The monoisotopic (exact) mass is 404 g/mol. The minimum atomic E-state index is -0.426. The summed E-state index contributed by atoms with van der Waals surface area (Å²) < 4.78 is 11.0. The third kappa shape index (κ3) is 3.23. The Balaban J connectivity index is 1.13. The first-order valence-electron chi connectivity index (χ1n) is 12.0. The normalized spacial score (nSPS) is 49.4. The second-order valence-corrected chi connectivity index (χ2v) is 10.7. The van der Waals surface area contributed by atoms with E-state index in [1.165, 1.54) is 25.7 Å². The minimum Gasteiger partial charge on any atom is -0.460 e. The van der Waals surface area contributed by atoms with Crippen molar-refractivity contribution >= 4 is 11.9 Å². The third-order valence-corrected chi connectivity index (χ3v) is 9.55. The van der Waals surface area contributed by atoms with E-state index in [1.54, 1.807) is 0 Å². The molecule has 5 nitrogen and oxygen atoms in total. The fourth-order valence-electron chi connectivity index (χ4n) is 8.44. The van der Waals surface area contributed by atoms with Crippen LogP contribution in [0.3, 0.4) is 0 Å². The Morgan fingerprint density at radius 2 is 1.62 bits per heavy atom. The predicted octanol–water partition coefficient (Wildman–Crippen LogP) is 3.58. The topological polar surface area (TPSA) is 72.8 Å². The number of rotatable bonds is 6. The van der Waals surface area contributed by atoms with Crippen LogP contribution in [0, 0.1) is 53.3 Å². The molecule has 1 N–H and O–H groups in total. The van der Waals surface area contributed by atoms with Crippen molar-refractivity contribution < 1.29 is 24.2 Å². The summed E-state index contributed by atoms with van der Waals surface area (Å²) in [5, 5.41) is 9.84. The van der Waals surface area contributed by atoms with Crippen LogP contribution in [0.4, 0.5) is 0 Å². The largest absolute Gasteiger partial charge is 0.460 e. The number of aliphatic hydroxyl groups excluding tert-OH is 1. The van der Waals surface area contributed by atoms with Crippen molar-refractivity contribution in [3.05, 3.63) is 0 Å². The molecule has 29 heavy (non-hydrogen) atoms. The fourth-order valence-corrected chi connectivity index (χ4v) is 8.44. The van der Waals surface area contributed by atoms with Crippen molar-refractivity contribution in [2.45, 2.75) is 77.4 Å². The van der Waals surface area contributed by atoms with E-state index < -0.39 is 5.97 Å². The zero-order valence-electron chi connectivity index (χ0n) is 17.8. The second kappa shape index (κ2) is 7.55. The summed E-state index contributed by atoms with van der Waals surface area (Å²) in [7, 11) is 0. The molecule has 0 aliphatic heterocycles. The number of fused-ring (bicyclic) bond motifs is 7. The van der Waals surface area contributed by atoms with Crippen molar-refractivity contribution in [3.63, 3.8) is 0 Å². The fraction of sp³-hybridized carbons (Fsp3) is 0.917. The summed E-state index contributed by atoms with van der Waals surface area (Å²) in [6.07, 6.45) is 8.04. The lowest BCUT2D eigenvalue weighted by Crippen LogP contribution is -2.36. The maximum atomic E-state index is 12.8. The Kier molecular flexibility index (Phi) is 5.16. The molecular formula is C24H36O5. The molecule has 0 radical (unpaired) electrons. The van der Waals surface area contributed by atoms with Crippen molar-refractivity contribution in [2.24, 2.45) is 53.3 Å². The van der Waals surface area contributed by atoms with Gasteiger partial charge in [-0.25, -0.2) is 4.79 Å². The molecule has 0 amide bonds. The molecular weight excluding hydrogens is 368 g/mol. The van der Waals surface area contributed by atoms with Gasteiger partial charge in [0.05, 0.1) is 12.0 Å². The molecule has 11 unspecified atom stereocenters. The molecule has 0 aromatic heterocycles. The van der Waals surface area contributed by atoms with E-state index in [9.17, 15) is 14.7 Å². The van der Waals surface area contributed by atoms with Crippen LogP contribution in [0.5, 0.6) is 0 Å². The SMILES string of the molecule is CCC1CC(CC)C2C3CC(CC3C(=O)OCC(=O)OC3CC4CC3CC4O)C12. The van der Waals surface area contributed by atoms with E-state index >= 15 is 0 Å². The van der Waals surface area contributed by atoms with Gasteiger partial charge in [-0.1, -0.05) is 26.7 Å². The average molecular weight is 405 g/mol. The van der Waals surface area contributed by atoms with Gasteiger partial charge in [0.25, 0.3) is 0 Å². The van der Waals surface area contributed by atoms with Gasteiger partial charge in [0.1, 0.15) is 6.10 Å². The highest BCUT2D eigenvalue weighted by atomic mass is 16.6. The molecule has 11 atom stereocenters. The molecule has 0 aromatic carbocycles. The summed E-state index contributed by atoms with van der Waals surface area (Å²) in [6.45, 7) is 4.36. The molecule has 0 heterocycles. The molecule has 0 saturated heterocycles. The van der Waals surface area contributed by atoms with Crippen molar-refractivity contribution in [2.75, 3.05) is 6.61 Å². The first-order chi connectivity index (χ1) is 14.0. The van der Waals surface area contributed by atoms with Crippen molar-refractivity contribution in [3.8, 4) is 0 Å². The first kappa shape index (κ1) is 19.8. The highest BCUT2D eigenvalue weighted by Gasteiger charge is 2.61. The lowest BCUT2D eigenvalue weighted by Gasteiger charge is -2.34. The molecule has 5 saturated carbocycles. The summed E-state index contributed by atoms with van der Waals surface area (Å²) in [5.74, 6) is 4.17. The predicted molar refractivity (Wildman–Crippen MR) is 107 cm³/mol. The van der Waals surface area contributed by atoms with Gasteiger partial charge in [-0.15, -0.1) is 0 Å². The highest BCUT2D eigenvalue weighted by Crippen LogP contribution is 2.65. The molecule has 4 bridgehead atoms. The Hall–Kier alpha value is -1.10. The van der Waals surface area contributed by atoms with Crippen LogP contribution < -0.4 is 0 Å². The van der Waals surface area contributed by atoms with Gasteiger partial charge in [0.15, 0.2) is 6.61 Å². The van der Waals surface area contributed by atoms with Gasteiger partial charge in [0.2, 0.25) is 0 Å². The van der Waals surface area contributed by atoms with Gasteiger partial charge in [-0.05, 0) is 85.9 Å². The molecule has 5 heteroatoms. The van der Waals surface area contributed by atoms with E-state index in [0.29, 0.717) is 17.8 Å². The Morgan fingerprint density at radius 3 is 2.28 bits per heavy atom.